The van der Waals surface area contributed by atoms with Crippen LogP contribution in [0, 0.1) is 0 Å². The van der Waals surface area contributed by atoms with Gasteiger partial charge in [0.1, 0.15) is 0 Å². The van der Waals surface area contributed by atoms with E-state index in [1.165, 1.54) is 0 Å². The Labute approximate surface area is 93.1 Å². The van der Waals surface area contributed by atoms with Crippen molar-refractivity contribution >= 4 is 12.0 Å². The Morgan fingerprint density at radius 1 is 1.50 bits per heavy atom. The van der Waals surface area contributed by atoms with Gasteiger partial charge in [0.25, 0.3) is 0 Å². The highest BCUT2D eigenvalue weighted by Gasteiger charge is 2.24. The van der Waals surface area contributed by atoms with Gasteiger partial charge in [-0.05, 0) is 17.7 Å². The maximum Gasteiger partial charge on any atom is 0.303 e. The first-order valence-corrected chi connectivity index (χ1v) is 5.22. The summed E-state index contributed by atoms with van der Waals surface area (Å²) < 4.78 is 0. The van der Waals surface area contributed by atoms with Crippen LogP contribution in [-0.4, -0.2) is 23.2 Å². The molecule has 1 atom stereocenters. The van der Waals surface area contributed by atoms with Gasteiger partial charge >= 0.3 is 5.97 Å². The van der Waals surface area contributed by atoms with Crippen LogP contribution in [-0.2, 0) is 4.79 Å². The fourth-order valence-corrected chi connectivity index (χ4v) is 1.83. The Hall–Kier alpha value is -1.68. The first-order valence-electron chi connectivity index (χ1n) is 5.22. The van der Waals surface area contributed by atoms with Crippen molar-refractivity contribution in [2.24, 2.45) is 10.7 Å². The molecule has 0 spiro atoms. The Morgan fingerprint density at radius 3 is 3.00 bits per heavy atom. The Balaban J connectivity index is 2.29. The van der Waals surface area contributed by atoms with Crippen molar-refractivity contribution in [3.05, 3.63) is 34.8 Å². The number of fused-ring (bicyclic) bond motifs is 1. The summed E-state index contributed by atoms with van der Waals surface area (Å²) in [6.07, 6.45) is 2.42. The summed E-state index contributed by atoms with van der Waals surface area (Å²) in [6.45, 7) is 0.456. The van der Waals surface area contributed by atoms with Crippen LogP contribution in [0.3, 0.4) is 0 Å². The van der Waals surface area contributed by atoms with Gasteiger partial charge in [0, 0.05) is 6.42 Å². The average molecular weight is 218 g/mol. The quantitative estimate of drug-likeness (QED) is 0.729. The zero-order valence-electron chi connectivity index (χ0n) is 8.89. The maximum atomic E-state index is 10.5. The molecular weight excluding hydrogens is 204 g/mol. The molecule has 0 bridgehead atoms. The third kappa shape index (κ3) is 2.28. The lowest BCUT2D eigenvalue weighted by atomic mass is 9.91. The second kappa shape index (κ2) is 4.06. The van der Waals surface area contributed by atoms with Gasteiger partial charge in [-0.3, -0.25) is 9.79 Å². The van der Waals surface area contributed by atoms with E-state index >= 15 is 0 Å². The van der Waals surface area contributed by atoms with E-state index in [0.29, 0.717) is 13.0 Å². The lowest BCUT2D eigenvalue weighted by Gasteiger charge is -2.25. The molecule has 0 saturated heterocycles. The number of hydrogen-bond acceptors (Lipinski definition) is 3. The minimum Gasteiger partial charge on any atom is -0.481 e. The second-order valence-corrected chi connectivity index (χ2v) is 4.15. The van der Waals surface area contributed by atoms with Crippen molar-refractivity contribution in [3.63, 3.8) is 0 Å². The molecule has 0 aromatic heterocycles. The summed E-state index contributed by atoms with van der Waals surface area (Å²) in [7, 11) is 0. The van der Waals surface area contributed by atoms with Gasteiger partial charge in [0.05, 0.1) is 17.4 Å². The van der Waals surface area contributed by atoms with E-state index < -0.39 is 11.5 Å². The molecule has 0 radical (unpaired) electrons. The largest absolute Gasteiger partial charge is 0.481 e. The third-order valence-corrected chi connectivity index (χ3v) is 2.73. The van der Waals surface area contributed by atoms with Gasteiger partial charge in [-0.2, -0.15) is 0 Å². The average Bonchev–Trinajstić information content (AvgIpc) is 2.26. The molecule has 1 aromatic rings. The smallest absolute Gasteiger partial charge is 0.303 e. The summed E-state index contributed by atoms with van der Waals surface area (Å²) in [6, 6.07) is 7.73. The molecule has 16 heavy (non-hydrogen) atoms. The van der Waals surface area contributed by atoms with Crippen molar-refractivity contribution in [1.82, 2.24) is 0 Å². The SMILES string of the molecule is N[C@]1(CCC(=O)O)C=c2ccccc2=NC1. The third-order valence-electron chi connectivity index (χ3n) is 2.73. The number of rotatable bonds is 3. The molecular formula is C12H14N2O2. The number of nitrogens with zero attached hydrogens (tertiary/aromatic N) is 1. The molecule has 1 heterocycles. The molecule has 0 fully saturated rings. The first kappa shape index (κ1) is 10.8. The monoisotopic (exact) mass is 218 g/mol. The first-order chi connectivity index (χ1) is 7.59. The molecule has 0 saturated carbocycles. The van der Waals surface area contributed by atoms with E-state index in [1.807, 2.05) is 30.3 Å². The summed E-state index contributed by atoms with van der Waals surface area (Å²) in [5.41, 5.74) is 5.49. The van der Waals surface area contributed by atoms with Gasteiger partial charge in [0.2, 0.25) is 0 Å². The normalized spacial score (nSPS) is 22.8. The molecule has 0 unspecified atom stereocenters. The number of benzene rings is 1. The van der Waals surface area contributed by atoms with Crippen LogP contribution in [0.2, 0.25) is 0 Å². The van der Waals surface area contributed by atoms with E-state index in [9.17, 15) is 4.79 Å². The van der Waals surface area contributed by atoms with Gasteiger partial charge in [0.15, 0.2) is 0 Å². The van der Waals surface area contributed by atoms with Crippen LogP contribution in [0.1, 0.15) is 12.8 Å². The minimum atomic E-state index is -0.822. The summed E-state index contributed by atoms with van der Waals surface area (Å²) >= 11 is 0. The second-order valence-electron chi connectivity index (χ2n) is 4.15. The molecule has 4 heteroatoms. The Morgan fingerprint density at radius 2 is 2.25 bits per heavy atom. The molecule has 1 aliphatic rings. The Kier molecular flexibility index (Phi) is 2.75. The maximum absolute atomic E-state index is 10.5. The fraction of sp³-hybridized carbons (Fsp3) is 0.333. The predicted octanol–water partition coefficient (Wildman–Crippen LogP) is -0.337. The number of carboxylic acids is 1. The van der Waals surface area contributed by atoms with Gasteiger partial charge in [-0.25, -0.2) is 0 Å². The zero-order chi connectivity index (χ0) is 11.6. The van der Waals surface area contributed by atoms with Gasteiger partial charge in [-0.15, -0.1) is 0 Å². The summed E-state index contributed by atoms with van der Waals surface area (Å²) in [5, 5.41) is 10.6. The molecule has 1 aromatic carbocycles. The molecule has 84 valence electrons. The predicted molar refractivity (Wildman–Crippen MR) is 60.3 cm³/mol. The topological polar surface area (TPSA) is 75.7 Å². The van der Waals surface area contributed by atoms with Crippen LogP contribution in [0.25, 0.3) is 6.08 Å². The van der Waals surface area contributed by atoms with Crippen LogP contribution < -0.4 is 16.3 Å². The van der Waals surface area contributed by atoms with Crippen molar-refractivity contribution in [2.45, 2.75) is 18.4 Å². The van der Waals surface area contributed by atoms with Crippen molar-refractivity contribution in [3.8, 4) is 0 Å². The van der Waals surface area contributed by atoms with Crippen LogP contribution >= 0.6 is 0 Å². The van der Waals surface area contributed by atoms with E-state index in [-0.39, 0.29) is 6.42 Å². The number of carboxylic acid groups (broad SMARTS) is 1. The number of para-hydroxylation sites is 1. The lowest BCUT2D eigenvalue weighted by Crippen LogP contribution is -2.48. The molecule has 0 amide bonds. The lowest BCUT2D eigenvalue weighted by molar-refractivity contribution is -0.137. The fourth-order valence-electron chi connectivity index (χ4n) is 1.83. The number of hydrogen-bond donors (Lipinski definition) is 2. The van der Waals surface area contributed by atoms with Gasteiger partial charge < -0.3 is 10.8 Å². The highest BCUT2D eigenvalue weighted by molar-refractivity contribution is 5.67. The van der Waals surface area contributed by atoms with Crippen molar-refractivity contribution < 1.29 is 9.90 Å². The number of aliphatic carboxylic acids is 1. The van der Waals surface area contributed by atoms with Crippen molar-refractivity contribution in [1.29, 1.82) is 0 Å². The number of carbonyl (C=O) groups is 1. The molecule has 0 aliphatic carbocycles. The minimum absolute atomic E-state index is 0.0741. The van der Waals surface area contributed by atoms with Gasteiger partial charge in [-0.1, -0.05) is 24.3 Å². The Bertz CT molecular complexity index is 524. The van der Waals surface area contributed by atoms with E-state index in [4.69, 9.17) is 10.8 Å². The molecule has 3 N–H and O–H groups in total. The van der Waals surface area contributed by atoms with Crippen LogP contribution in [0.4, 0.5) is 0 Å². The standard InChI is InChI=1S/C12H14N2O2/c13-12(6-5-11(15)16)7-9-3-1-2-4-10(9)14-8-12/h1-4,7H,5-6,8,13H2,(H,15,16)/t12-/m1/s1. The summed E-state index contributed by atoms with van der Waals surface area (Å²) in [5.74, 6) is -0.822. The van der Waals surface area contributed by atoms with Crippen molar-refractivity contribution in [2.75, 3.05) is 6.54 Å². The molecule has 1 aliphatic heterocycles. The van der Waals surface area contributed by atoms with E-state index in [2.05, 4.69) is 4.99 Å². The van der Waals surface area contributed by atoms with Crippen LogP contribution in [0.15, 0.2) is 29.3 Å². The highest BCUT2D eigenvalue weighted by Crippen LogP contribution is 2.13. The molecule has 2 rings (SSSR count). The van der Waals surface area contributed by atoms with E-state index in [1.54, 1.807) is 0 Å². The highest BCUT2D eigenvalue weighted by atomic mass is 16.4. The summed E-state index contributed by atoms with van der Waals surface area (Å²) in [4.78, 5) is 14.9. The molecule has 4 nitrogen and oxygen atoms in total. The van der Waals surface area contributed by atoms with Crippen LogP contribution in [0.5, 0.6) is 0 Å². The van der Waals surface area contributed by atoms with E-state index in [0.717, 1.165) is 10.6 Å². The zero-order valence-corrected chi connectivity index (χ0v) is 8.89. The number of nitrogens with two attached hydrogens (primary N) is 1.